The van der Waals surface area contributed by atoms with E-state index in [4.69, 9.17) is 4.42 Å². The number of amides is 1. The molecule has 3 aliphatic heterocycles. The van der Waals surface area contributed by atoms with Crippen LogP contribution < -0.4 is 5.56 Å². The van der Waals surface area contributed by atoms with Crippen LogP contribution in [0.15, 0.2) is 39.7 Å². The average Bonchev–Trinajstić information content (AvgIpc) is 3.24. The molecule has 0 unspecified atom stereocenters. The van der Waals surface area contributed by atoms with Gasteiger partial charge in [0.1, 0.15) is 5.76 Å². The minimum atomic E-state index is 0.135. The fourth-order valence-electron chi connectivity index (χ4n) is 5.42. The molecule has 160 valence electrons. The number of hydrogen-bond acceptors (Lipinski definition) is 5. The Labute approximate surface area is 176 Å². The van der Waals surface area contributed by atoms with Gasteiger partial charge in [-0.3, -0.25) is 19.4 Å². The van der Waals surface area contributed by atoms with Crippen LogP contribution in [0.5, 0.6) is 0 Å². The molecule has 0 saturated carbocycles. The predicted octanol–water partition coefficient (Wildman–Crippen LogP) is 1.72. The maximum Gasteiger partial charge on any atom is 0.255 e. The number of carbonyl (C=O) groups excluding carboxylic acids is 1. The summed E-state index contributed by atoms with van der Waals surface area (Å²) in [4.78, 5) is 31.4. The zero-order valence-electron chi connectivity index (χ0n) is 17.6. The maximum absolute atomic E-state index is 13.3. The lowest BCUT2D eigenvalue weighted by Gasteiger charge is -2.42. The molecule has 5 heterocycles. The molecule has 7 heteroatoms. The maximum atomic E-state index is 13.3. The van der Waals surface area contributed by atoms with Gasteiger partial charge in [-0.25, -0.2) is 0 Å². The summed E-state index contributed by atoms with van der Waals surface area (Å²) < 4.78 is 7.58. The number of aromatic nitrogens is 1. The summed E-state index contributed by atoms with van der Waals surface area (Å²) in [6.07, 6.45) is 2.90. The Morgan fingerprint density at radius 3 is 2.60 bits per heavy atom. The van der Waals surface area contributed by atoms with E-state index in [0.29, 0.717) is 18.4 Å². The van der Waals surface area contributed by atoms with Crippen molar-refractivity contribution in [2.45, 2.75) is 38.9 Å². The molecule has 2 atom stereocenters. The van der Waals surface area contributed by atoms with Gasteiger partial charge in [-0.1, -0.05) is 6.07 Å². The van der Waals surface area contributed by atoms with Gasteiger partial charge in [0.25, 0.3) is 5.56 Å². The normalized spacial score (nSPS) is 24.6. The molecule has 3 aliphatic rings. The molecule has 1 amide bonds. The first-order chi connectivity index (χ1) is 14.6. The van der Waals surface area contributed by atoms with Gasteiger partial charge in [0.15, 0.2) is 0 Å². The second-order valence-electron chi connectivity index (χ2n) is 9.05. The summed E-state index contributed by atoms with van der Waals surface area (Å²) in [6, 6.07) is 8.19. The first-order valence-corrected chi connectivity index (χ1v) is 11.0. The van der Waals surface area contributed by atoms with E-state index < -0.39 is 0 Å². The van der Waals surface area contributed by atoms with Crippen LogP contribution in [0.1, 0.15) is 36.3 Å². The van der Waals surface area contributed by atoms with E-state index in [1.807, 2.05) is 27.7 Å². The van der Waals surface area contributed by atoms with Crippen LogP contribution in [0.2, 0.25) is 0 Å². The van der Waals surface area contributed by atoms with Gasteiger partial charge >= 0.3 is 0 Å². The van der Waals surface area contributed by atoms with Crippen molar-refractivity contribution in [2.75, 3.05) is 39.3 Å². The molecular formula is C23H30N4O3. The van der Waals surface area contributed by atoms with Crippen molar-refractivity contribution in [3.8, 4) is 0 Å². The Kier molecular flexibility index (Phi) is 5.25. The predicted molar refractivity (Wildman–Crippen MR) is 113 cm³/mol. The molecule has 0 aliphatic carbocycles. The number of pyridine rings is 1. The number of furan rings is 1. The molecule has 0 spiro atoms. The highest BCUT2D eigenvalue weighted by atomic mass is 16.3. The van der Waals surface area contributed by atoms with Crippen LogP contribution in [0.25, 0.3) is 0 Å². The quantitative estimate of drug-likeness (QED) is 0.768. The van der Waals surface area contributed by atoms with Gasteiger partial charge in [0.05, 0.1) is 12.8 Å². The number of piperazine rings is 1. The monoisotopic (exact) mass is 410 g/mol. The minimum Gasteiger partial charge on any atom is -0.468 e. The second kappa shape index (κ2) is 8.04. The molecule has 2 aromatic rings. The molecule has 2 bridgehead atoms. The molecule has 0 aromatic carbocycles. The van der Waals surface area contributed by atoms with E-state index in [0.717, 1.165) is 63.7 Å². The van der Waals surface area contributed by atoms with Crippen molar-refractivity contribution in [1.29, 1.82) is 0 Å². The van der Waals surface area contributed by atoms with E-state index in [1.165, 1.54) is 12.1 Å². The second-order valence-corrected chi connectivity index (χ2v) is 9.05. The Balaban J connectivity index is 1.29. The third-order valence-corrected chi connectivity index (χ3v) is 6.93. The standard InChI is InChI=1S/C23H30N4O3/c1-17(28)26-8-6-24(7-9-26)14-19-4-5-22-20-11-18(13-27(22)23(19)29)12-25(15-20)16-21-3-2-10-30-21/h2-5,10,18,20H,6-9,11-16H2,1H3/t18-,20+/m0/s1. The molecule has 0 N–H and O–H groups in total. The largest absolute Gasteiger partial charge is 0.468 e. The highest BCUT2D eigenvalue weighted by molar-refractivity contribution is 5.73. The highest BCUT2D eigenvalue weighted by Crippen LogP contribution is 2.35. The van der Waals surface area contributed by atoms with Gasteiger partial charge in [0.2, 0.25) is 5.91 Å². The lowest BCUT2D eigenvalue weighted by Crippen LogP contribution is -2.49. The lowest BCUT2D eigenvalue weighted by atomic mass is 9.83. The van der Waals surface area contributed by atoms with E-state index in [1.54, 1.807) is 13.2 Å². The van der Waals surface area contributed by atoms with Gasteiger partial charge in [0, 0.05) is 76.5 Å². The van der Waals surface area contributed by atoms with Crippen molar-refractivity contribution in [3.63, 3.8) is 0 Å². The molecule has 30 heavy (non-hydrogen) atoms. The smallest absolute Gasteiger partial charge is 0.255 e. The zero-order valence-corrected chi connectivity index (χ0v) is 17.6. The number of likely N-dealkylation sites (tertiary alicyclic amines) is 1. The fourth-order valence-corrected chi connectivity index (χ4v) is 5.42. The number of hydrogen-bond donors (Lipinski definition) is 0. The zero-order chi connectivity index (χ0) is 20.7. The molecule has 2 aromatic heterocycles. The SMILES string of the molecule is CC(=O)N1CCN(Cc2ccc3n(c2=O)C[C@H]2C[C@@H]3CN(Cc3ccco3)C2)CC1. The number of piperidine rings is 1. The van der Waals surface area contributed by atoms with E-state index in [-0.39, 0.29) is 11.5 Å². The molecule has 2 saturated heterocycles. The first kappa shape index (κ1) is 19.6. The third-order valence-electron chi connectivity index (χ3n) is 6.93. The molecule has 5 rings (SSSR count). The Morgan fingerprint density at radius 2 is 1.87 bits per heavy atom. The van der Waals surface area contributed by atoms with E-state index in [9.17, 15) is 9.59 Å². The van der Waals surface area contributed by atoms with Crippen LogP contribution in [0.4, 0.5) is 0 Å². The van der Waals surface area contributed by atoms with Crippen LogP contribution in [0, 0.1) is 5.92 Å². The van der Waals surface area contributed by atoms with Crippen LogP contribution in [-0.4, -0.2) is 64.4 Å². The van der Waals surface area contributed by atoms with Crippen molar-refractivity contribution in [3.05, 3.63) is 57.9 Å². The molecule has 7 nitrogen and oxygen atoms in total. The Bertz CT molecular complexity index is 959. The summed E-state index contributed by atoms with van der Waals surface area (Å²) in [6.45, 7) is 9.09. The summed E-state index contributed by atoms with van der Waals surface area (Å²) in [5.41, 5.74) is 2.24. The minimum absolute atomic E-state index is 0.135. The van der Waals surface area contributed by atoms with Gasteiger partial charge in [-0.15, -0.1) is 0 Å². The van der Waals surface area contributed by atoms with E-state index >= 15 is 0 Å². The summed E-state index contributed by atoms with van der Waals surface area (Å²) in [5, 5.41) is 0. The van der Waals surface area contributed by atoms with Crippen molar-refractivity contribution in [2.24, 2.45) is 5.92 Å². The highest BCUT2D eigenvalue weighted by Gasteiger charge is 2.35. The number of carbonyl (C=O) groups is 1. The number of nitrogens with zero attached hydrogens (tertiary/aromatic N) is 4. The van der Waals surface area contributed by atoms with Gasteiger partial charge in [-0.2, -0.15) is 0 Å². The number of rotatable bonds is 4. The third kappa shape index (κ3) is 3.84. The first-order valence-electron chi connectivity index (χ1n) is 11.0. The summed E-state index contributed by atoms with van der Waals surface area (Å²) in [5.74, 6) is 2.07. The van der Waals surface area contributed by atoms with Gasteiger partial charge < -0.3 is 13.9 Å². The van der Waals surface area contributed by atoms with Crippen molar-refractivity contribution in [1.82, 2.24) is 19.3 Å². The van der Waals surface area contributed by atoms with Gasteiger partial charge in [-0.05, 0) is 30.5 Å². The Morgan fingerprint density at radius 1 is 1.03 bits per heavy atom. The molecule has 2 fully saturated rings. The molecular weight excluding hydrogens is 380 g/mol. The fraction of sp³-hybridized carbons (Fsp3) is 0.565. The van der Waals surface area contributed by atoms with Crippen molar-refractivity contribution < 1.29 is 9.21 Å². The van der Waals surface area contributed by atoms with Crippen LogP contribution in [0.3, 0.4) is 0 Å². The van der Waals surface area contributed by atoms with Crippen LogP contribution in [-0.2, 0) is 24.4 Å². The topological polar surface area (TPSA) is 61.9 Å². The molecule has 0 radical (unpaired) electrons. The van der Waals surface area contributed by atoms with E-state index in [2.05, 4.69) is 15.9 Å². The summed E-state index contributed by atoms with van der Waals surface area (Å²) >= 11 is 0. The summed E-state index contributed by atoms with van der Waals surface area (Å²) in [7, 11) is 0. The van der Waals surface area contributed by atoms with Crippen LogP contribution >= 0.6 is 0 Å². The number of fused-ring (bicyclic) bond motifs is 4. The van der Waals surface area contributed by atoms with Crippen molar-refractivity contribution >= 4 is 5.91 Å². The lowest BCUT2D eigenvalue weighted by molar-refractivity contribution is -0.130. The Hall–Kier alpha value is -2.38. The average molecular weight is 411 g/mol.